The Balaban J connectivity index is 1.87. The van der Waals surface area contributed by atoms with Crippen molar-refractivity contribution < 1.29 is 18.7 Å². The van der Waals surface area contributed by atoms with Crippen molar-refractivity contribution in [1.29, 1.82) is 0 Å². The smallest absolute Gasteiger partial charge is 0.322 e. The number of anilines is 1. The van der Waals surface area contributed by atoms with Crippen molar-refractivity contribution in [2.75, 3.05) is 26.6 Å². The van der Waals surface area contributed by atoms with Crippen LogP contribution >= 0.6 is 15.9 Å². The number of benzene rings is 3. The first-order valence-corrected chi connectivity index (χ1v) is 11.8. The second-order valence-corrected chi connectivity index (χ2v) is 8.81. The molecule has 0 aliphatic carbocycles. The number of aromatic nitrogens is 2. The molecule has 3 aromatic carbocycles. The number of carbonyl (C=O) groups excluding carboxylic acids is 1. The number of hydrogen-bond donors (Lipinski definition) is 1. The van der Waals surface area contributed by atoms with Gasteiger partial charge >= 0.3 is 6.03 Å². The highest BCUT2D eigenvalue weighted by Crippen LogP contribution is 2.36. The zero-order valence-electron chi connectivity index (χ0n) is 20.1. The molecule has 1 N–H and O–H groups in total. The summed E-state index contributed by atoms with van der Waals surface area (Å²) in [5.41, 5.74) is 0.918. The lowest BCUT2D eigenvalue weighted by molar-refractivity contribution is 0.205. The minimum Gasteiger partial charge on any atom is -0.497 e. The van der Waals surface area contributed by atoms with Crippen LogP contribution in [-0.4, -0.2) is 41.7 Å². The molecule has 0 spiro atoms. The van der Waals surface area contributed by atoms with Gasteiger partial charge < -0.3 is 19.7 Å². The summed E-state index contributed by atoms with van der Waals surface area (Å²) >= 11 is 3.54. The highest BCUT2D eigenvalue weighted by molar-refractivity contribution is 9.10. The van der Waals surface area contributed by atoms with Gasteiger partial charge in [0.1, 0.15) is 23.1 Å². The van der Waals surface area contributed by atoms with E-state index in [1.165, 1.54) is 41.9 Å². The van der Waals surface area contributed by atoms with Crippen LogP contribution in [0.15, 0.2) is 69.9 Å². The fourth-order valence-corrected chi connectivity index (χ4v) is 4.35. The Morgan fingerprint density at radius 2 is 1.86 bits per heavy atom. The quantitative estimate of drug-likeness (QED) is 0.338. The zero-order valence-corrected chi connectivity index (χ0v) is 21.7. The molecule has 0 radical (unpaired) electrons. The van der Waals surface area contributed by atoms with Crippen molar-refractivity contribution in [2.24, 2.45) is 0 Å². The van der Waals surface area contributed by atoms with E-state index in [-0.39, 0.29) is 5.56 Å². The average Bonchev–Trinajstić information content (AvgIpc) is 2.88. The molecule has 8 nitrogen and oxygen atoms in total. The number of ether oxygens (including phenoxy) is 2. The third kappa shape index (κ3) is 4.76. The number of rotatable bonds is 6. The normalized spacial score (nSPS) is 11.7. The predicted molar refractivity (Wildman–Crippen MR) is 140 cm³/mol. The second-order valence-electron chi connectivity index (χ2n) is 8.02. The number of carbonyl (C=O) groups is 1. The zero-order chi connectivity index (χ0) is 26.0. The molecule has 2 amide bonds. The van der Waals surface area contributed by atoms with Gasteiger partial charge in [-0.1, -0.05) is 18.2 Å². The van der Waals surface area contributed by atoms with Crippen LogP contribution in [0.3, 0.4) is 0 Å². The predicted octanol–water partition coefficient (Wildman–Crippen LogP) is 5.53. The minimum absolute atomic E-state index is 0.309. The summed E-state index contributed by atoms with van der Waals surface area (Å²) in [6.07, 6.45) is 0. The molecule has 0 saturated carbocycles. The van der Waals surface area contributed by atoms with Crippen molar-refractivity contribution in [3.63, 3.8) is 0 Å². The summed E-state index contributed by atoms with van der Waals surface area (Å²) in [5.74, 6) is 0.776. The molecule has 0 aliphatic heterocycles. The maximum absolute atomic E-state index is 13.8. The topological polar surface area (TPSA) is 85.7 Å². The van der Waals surface area contributed by atoms with Gasteiger partial charge in [0, 0.05) is 24.9 Å². The van der Waals surface area contributed by atoms with Crippen molar-refractivity contribution in [1.82, 2.24) is 14.5 Å². The number of fused-ring (bicyclic) bond motifs is 1. The van der Waals surface area contributed by atoms with Gasteiger partial charge in [-0.25, -0.2) is 14.2 Å². The standard InChI is InChI=1S/C26H24BrFN4O4/c1-15(31(2)26(34)29-17-9-7-8-16(28)12-17)24-30-20-11-6-5-10-19(20)25(33)32(24)21-13-18(35-3)14-22(36-4)23(21)27/h5-15H,1-4H3,(H,29,34). The van der Waals surface area contributed by atoms with Crippen LogP contribution in [0.25, 0.3) is 16.6 Å². The van der Waals surface area contributed by atoms with Gasteiger partial charge in [0.2, 0.25) is 0 Å². The molecule has 0 saturated heterocycles. The second kappa shape index (κ2) is 10.4. The summed E-state index contributed by atoms with van der Waals surface area (Å²) in [6.45, 7) is 1.75. The number of amides is 2. The molecule has 4 rings (SSSR count). The minimum atomic E-state index is -0.667. The van der Waals surface area contributed by atoms with Crippen molar-refractivity contribution >= 4 is 38.6 Å². The van der Waals surface area contributed by atoms with E-state index in [2.05, 4.69) is 21.2 Å². The van der Waals surface area contributed by atoms with Crippen molar-refractivity contribution in [3.05, 3.63) is 87.1 Å². The van der Waals surface area contributed by atoms with Gasteiger partial charge in [0.25, 0.3) is 5.56 Å². The van der Waals surface area contributed by atoms with E-state index in [9.17, 15) is 14.0 Å². The van der Waals surface area contributed by atoms with E-state index in [1.807, 2.05) is 0 Å². The van der Waals surface area contributed by atoms with E-state index in [4.69, 9.17) is 14.5 Å². The third-order valence-corrected chi connectivity index (χ3v) is 6.64. The van der Waals surface area contributed by atoms with E-state index >= 15 is 0 Å². The third-order valence-electron chi connectivity index (χ3n) is 5.84. The highest BCUT2D eigenvalue weighted by atomic mass is 79.9. The van der Waals surface area contributed by atoms with Gasteiger partial charge in [-0.2, -0.15) is 0 Å². The van der Waals surface area contributed by atoms with Gasteiger partial charge in [0.15, 0.2) is 0 Å². The lowest BCUT2D eigenvalue weighted by Gasteiger charge is -2.27. The molecule has 0 fully saturated rings. The summed E-state index contributed by atoms with van der Waals surface area (Å²) < 4.78 is 26.4. The number of hydrogen-bond acceptors (Lipinski definition) is 5. The highest BCUT2D eigenvalue weighted by Gasteiger charge is 2.26. The molecule has 1 aromatic heterocycles. The van der Waals surface area contributed by atoms with Gasteiger partial charge in [-0.3, -0.25) is 9.36 Å². The Kier molecular flexibility index (Phi) is 7.25. The molecule has 4 aromatic rings. The van der Waals surface area contributed by atoms with Crippen LogP contribution in [0, 0.1) is 5.82 Å². The maximum Gasteiger partial charge on any atom is 0.322 e. The number of methoxy groups -OCH3 is 2. The maximum atomic E-state index is 13.8. The van der Waals surface area contributed by atoms with E-state index in [0.717, 1.165) is 0 Å². The molecule has 0 aliphatic rings. The summed E-state index contributed by atoms with van der Waals surface area (Å²) in [5, 5.41) is 3.09. The molecule has 10 heteroatoms. The lowest BCUT2D eigenvalue weighted by Crippen LogP contribution is -2.37. The van der Waals surface area contributed by atoms with Crippen molar-refractivity contribution in [2.45, 2.75) is 13.0 Å². The SMILES string of the molecule is COc1cc(OC)c(Br)c(-n2c(C(C)N(C)C(=O)Nc3cccc(F)c3)nc3ccccc3c2=O)c1. The van der Waals surface area contributed by atoms with Crippen LogP contribution in [0.4, 0.5) is 14.9 Å². The first-order valence-electron chi connectivity index (χ1n) is 11.0. The monoisotopic (exact) mass is 554 g/mol. The lowest BCUT2D eigenvalue weighted by atomic mass is 10.2. The van der Waals surface area contributed by atoms with E-state index in [0.29, 0.717) is 44.1 Å². The first-order chi connectivity index (χ1) is 17.2. The first kappa shape index (κ1) is 25.2. The van der Waals surface area contributed by atoms with Crippen LogP contribution in [0.1, 0.15) is 18.8 Å². The molecule has 0 bridgehead atoms. The Bertz CT molecular complexity index is 1510. The number of halogens is 2. The van der Waals surface area contributed by atoms with Crippen LogP contribution < -0.4 is 20.3 Å². The number of urea groups is 1. The van der Waals surface area contributed by atoms with E-state index in [1.54, 1.807) is 56.4 Å². The molecule has 186 valence electrons. The summed E-state index contributed by atoms with van der Waals surface area (Å²) in [4.78, 5) is 33.0. The van der Waals surface area contributed by atoms with Crippen LogP contribution in [0.5, 0.6) is 11.5 Å². The van der Waals surface area contributed by atoms with Crippen LogP contribution in [-0.2, 0) is 0 Å². The molecule has 1 heterocycles. The van der Waals surface area contributed by atoms with Crippen LogP contribution in [0.2, 0.25) is 0 Å². The molecular formula is C26H24BrFN4O4. The number of nitrogens with zero attached hydrogens (tertiary/aromatic N) is 3. The van der Waals surface area contributed by atoms with E-state index < -0.39 is 17.9 Å². The van der Waals surface area contributed by atoms with Gasteiger partial charge in [0.05, 0.1) is 41.3 Å². The summed E-state index contributed by atoms with van der Waals surface area (Å²) in [6, 6.07) is 14.8. The molecule has 1 atom stereocenters. The Morgan fingerprint density at radius 3 is 2.56 bits per heavy atom. The van der Waals surface area contributed by atoms with Crippen molar-refractivity contribution in [3.8, 4) is 17.2 Å². The average molecular weight is 555 g/mol. The Hall–Kier alpha value is -3.92. The Morgan fingerprint density at radius 1 is 1.11 bits per heavy atom. The number of nitrogens with one attached hydrogen (secondary N) is 1. The fourth-order valence-electron chi connectivity index (χ4n) is 3.78. The molecular weight excluding hydrogens is 531 g/mol. The number of para-hydroxylation sites is 1. The summed E-state index contributed by atoms with van der Waals surface area (Å²) in [7, 11) is 4.60. The Labute approximate surface area is 215 Å². The van der Waals surface area contributed by atoms with Gasteiger partial charge in [-0.05, 0) is 53.2 Å². The van der Waals surface area contributed by atoms with Gasteiger partial charge in [-0.15, -0.1) is 0 Å². The fraction of sp³-hybridized carbons (Fsp3) is 0.192. The molecule has 1 unspecified atom stereocenters. The molecule has 36 heavy (non-hydrogen) atoms. The largest absolute Gasteiger partial charge is 0.497 e.